The van der Waals surface area contributed by atoms with Gasteiger partial charge in [0.25, 0.3) is 0 Å². The number of nitrogens with zero attached hydrogens (tertiary/aromatic N) is 2. The average Bonchev–Trinajstić information content (AvgIpc) is 3.45. The van der Waals surface area contributed by atoms with Gasteiger partial charge in [-0.05, 0) is 78.1 Å². The molecule has 6 N–H and O–H groups in total. The van der Waals surface area contributed by atoms with Crippen molar-refractivity contribution in [3.05, 3.63) is 0 Å². The van der Waals surface area contributed by atoms with E-state index in [9.17, 15) is 34.8 Å². The zero-order valence-corrected chi connectivity index (χ0v) is 30.9. The molecule has 0 aromatic carbocycles. The van der Waals surface area contributed by atoms with Crippen LogP contribution in [0.25, 0.3) is 0 Å². The molecule has 0 radical (unpaired) electrons. The van der Waals surface area contributed by atoms with E-state index in [1.54, 1.807) is 21.0 Å². The van der Waals surface area contributed by atoms with Crippen molar-refractivity contribution in [2.24, 2.45) is 11.3 Å². The van der Waals surface area contributed by atoms with Crippen LogP contribution in [0, 0.1) is 11.3 Å². The lowest BCUT2D eigenvalue weighted by Crippen LogP contribution is -2.63. The van der Waals surface area contributed by atoms with Gasteiger partial charge in [0.05, 0.1) is 61.1 Å². The van der Waals surface area contributed by atoms with E-state index in [-0.39, 0.29) is 68.7 Å². The van der Waals surface area contributed by atoms with Crippen molar-refractivity contribution in [1.29, 1.82) is 0 Å². The number of methoxy groups -OCH3 is 1. The van der Waals surface area contributed by atoms with Crippen molar-refractivity contribution < 1.29 is 49.0 Å². The molecule has 0 aliphatic carbocycles. The summed E-state index contributed by atoms with van der Waals surface area (Å²) < 4.78 is 15.8. The van der Waals surface area contributed by atoms with Crippen LogP contribution in [-0.2, 0) is 28.6 Å². The Hall–Kier alpha value is -1.43. The van der Waals surface area contributed by atoms with Gasteiger partial charge in [-0.25, -0.2) is 0 Å². The third-order valence-corrected chi connectivity index (χ3v) is 11.8. The number of carbonyl (C=O) groups is 3. The highest BCUT2D eigenvalue weighted by atomic mass is 79.9. The normalized spacial score (nSPS) is 31.8. The summed E-state index contributed by atoms with van der Waals surface area (Å²) in [6, 6.07) is -0.385. The molecule has 0 saturated carbocycles. The van der Waals surface area contributed by atoms with E-state index < -0.39 is 46.5 Å². The van der Waals surface area contributed by atoms with E-state index in [4.69, 9.17) is 14.2 Å². The Morgan fingerprint density at radius 3 is 1.84 bits per heavy atom. The number of rotatable bonds is 18. The maximum Gasteiger partial charge on any atom is 0.311 e. The van der Waals surface area contributed by atoms with Crippen LogP contribution in [0.3, 0.4) is 0 Å². The molecule has 15 heteroatoms. The molecular weight excluding hydrogens is 704 g/mol. The van der Waals surface area contributed by atoms with E-state index in [0.29, 0.717) is 64.8 Å². The Morgan fingerprint density at radius 2 is 1.27 bits per heavy atom. The Morgan fingerprint density at radius 1 is 0.755 bits per heavy atom. The fourth-order valence-corrected chi connectivity index (χ4v) is 8.83. The number of hydrogen-bond acceptors (Lipinski definition) is 12. The van der Waals surface area contributed by atoms with Crippen LogP contribution in [-0.4, -0.2) is 155 Å². The first-order valence-electron chi connectivity index (χ1n) is 18.0. The predicted octanol–water partition coefficient (Wildman–Crippen LogP) is 0.266. The van der Waals surface area contributed by atoms with Crippen molar-refractivity contribution in [2.75, 3.05) is 53.3 Å². The van der Waals surface area contributed by atoms with Crippen molar-refractivity contribution in [3.63, 3.8) is 0 Å². The maximum atomic E-state index is 13.8. The number of amides is 2. The second-order valence-electron chi connectivity index (χ2n) is 14.8. The fourth-order valence-electron chi connectivity index (χ4n) is 8.22. The van der Waals surface area contributed by atoms with E-state index in [2.05, 4.69) is 31.5 Å². The first-order valence-corrected chi connectivity index (χ1v) is 18.9. The van der Waals surface area contributed by atoms with Gasteiger partial charge in [-0.2, -0.15) is 0 Å². The zero-order valence-electron chi connectivity index (χ0n) is 29.3. The molecule has 14 nitrogen and oxygen atoms in total. The van der Waals surface area contributed by atoms with Crippen LogP contribution in [0.15, 0.2) is 0 Å². The molecule has 282 valence electrons. The van der Waals surface area contributed by atoms with Crippen LogP contribution < -0.4 is 10.6 Å². The second kappa shape index (κ2) is 18.9. The monoisotopic (exact) mass is 762 g/mol. The lowest BCUT2D eigenvalue weighted by Gasteiger charge is -2.50. The van der Waals surface area contributed by atoms with Crippen molar-refractivity contribution >= 4 is 33.7 Å². The number of nitrogens with one attached hydrogen (secondary N) is 2. The molecular formula is C34H59BrN4O10. The lowest BCUT2D eigenvalue weighted by atomic mass is 9.80. The number of aliphatic hydroxyl groups is 4. The summed E-state index contributed by atoms with van der Waals surface area (Å²) in [4.78, 5) is 43.6. The van der Waals surface area contributed by atoms with Gasteiger partial charge in [0.15, 0.2) is 0 Å². The minimum atomic E-state index is -1.06. The molecule has 4 aliphatic rings. The SMILES string of the molecule is COCCOCCOC(=O)C(C)(C)CC(CC(Br)C(=O)NCCN1C2CCC1C(O)CCC2O)C(=O)NCN1C2CCC(O)C1CCC2O. The maximum absolute atomic E-state index is 13.8. The average molecular weight is 764 g/mol. The third-order valence-electron chi connectivity index (χ3n) is 11.0. The summed E-state index contributed by atoms with van der Waals surface area (Å²) in [5.74, 6) is -1.87. The van der Waals surface area contributed by atoms with Crippen molar-refractivity contribution in [1.82, 2.24) is 20.4 Å². The number of esters is 1. The second-order valence-corrected chi connectivity index (χ2v) is 15.9. The van der Waals surface area contributed by atoms with Gasteiger partial charge < -0.3 is 45.3 Å². The molecule has 4 fully saturated rings. The van der Waals surface area contributed by atoms with Gasteiger partial charge in [-0.1, -0.05) is 15.9 Å². The van der Waals surface area contributed by atoms with Gasteiger partial charge >= 0.3 is 5.97 Å². The largest absolute Gasteiger partial charge is 0.463 e. The molecule has 10 unspecified atom stereocenters. The smallest absolute Gasteiger partial charge is 0.311 e. The minimum absolute atomic E-state index is 0.0348. The number of alkyl halides is 1. The Labute approximate surface area is 298 Å². The number of fused-ring (bicyclic) bond motifs is 4. The summed E-state index contributed by atoms with van der Waals surface area (Å²) in [5.41, 5.74) is -1.06. The zero-order chi connectivity index (χ0) is 35.7. The molecule has 49 heavy (non-hydrogen) atoms. The van der Waals surface area contributed by atoms with E-state index in [0.717, 1.165) is 12.8 Å². The van der Waals surface area contributed by atoms with Gasteiger partial charge in [0, 0.05) is 50.3 Å². The van der Waals surface area contributed by atoms with Crippen LogP contribution in [0.1, 0.15) is 78.1 Å². The summed E-state index contributed by atoms with van der Waals surface area (Å²) in [6.07, 6.45) is 3.36. The first-order chi connectivity index (χ1) is 23.3. The van der Waals surface area contributed by atoms with E-state index in [1.807, 2.05) is 4.90 Å². The molecule has 2 amide bonds. The summed E-state index contributed by atoms with van der Waals surface area (Å²) in [6.45, 7) is 5.45. The fraction of sp³-hybridized carbons (Fsp3) is 0.912. The minimum Gasteiger partial charge on any atom is -0.463 e. The van der Waals surface area contributed by atoms with Crippen LogP contribution in [0.5, 0.6) is 0 Å². The standard InChI is InChI=1S/C34H59BrN4O10/c1-34(2,33(46)49-17-16-48-15-14-47-3)19-21(31(44)37-20-39-25-6-8-27(40)26(39)7-9-28(25)41)18-22(35)32(45)36-12-13-38-23-4-5-24(38)30(43)11-10-29(23)42/h21-30,40-43H,4-20H2,1-3H3,(H,36,45)(H,37,44). The summed E-state index contributed by atoms with van der Waals surface area (Å²) >= 11 is 3.50. The number of hydrogen-bond donors (Lipinski definition) is 6. The van der Waals surface area contributed by atoms with Gasteiger partial charge in [-0.3, -0.25) is 24.2 Å². The Bertz CT molecular complexity index is 1050. The highest BCUT2D eigenvalue weighted by Crippen LogP contribution is 2.36. The number of piperidine rings is 2. The quantitative estimate of drug-likeness (QED) is 0.0636. The molecule has 4 aliphatic heterocycles. The van der Waals surface area contributed by atoms with Gasteiger partial charge in [-0.15, -0.1) is 0 Å². The molecule has 4 saturated heterocycles. The van der Waals surface area contributed by atoms with E-state index >= 15 is 0 Å². The van der Waals surface area contributed by atoms with Gasteiger partial charge in [0.1, 0.15) is 6.61 Å². The Kier molecular flexibility index (Phi) is 15.5. The lowest BCUT2D eigenvalue weighted by molar-refractivity contribution is -0.157. The van der Waals surface area contributed by atoms with Crippen molar-refractivity contribution in [3.8, 4) is 0 Å². The topological polar surface area (TPSA) is 190 Å². The number of carbonyl (C=O) groups excluding carboxylic acids is 3. The van der Waals surface area contributed by atoms with Crippen LogP contribution in [0.4, 0.5) is 0 Å². The molecule has 4 heterocycles. The molecule has 0 spiro atoms. The number of halogens is 1. The number of aliphatic hydroxyl groups excluding tert-OH is 4. The summed E-state index contributed by atoms with van der Waals surface area (Å²) in [7, 11) is 1.57. The predicted molar refractivity (Wildman–Crippen MR) is 184 cm³/mol. The van der Waals surface area contributed by atoms with E-state index in [1.165, 1.54) is 0 Å². The van der Waals surface area contributed by atoms with Crippen LogP contribution in [0.2, 0.25) is 0 Å². The molecule has 10 atom stereocenters. The Balaban J connectivity index is 1.36. The summed E-state index contributed by atoms with van der Waals surface area (Å²) in [5, 5.41) is 48.3. The highest BCUT2D eigenvalue weighted by molar-refractivity contribution is 9.10. The molecule has 4 bridgehead atoms. The van der Waals surface area contributed by atoms with Crippen molar-refractivity contribution in [2.45, 2.75) is 131 Å². The van der Waals surface area contributed by atoms with Gasteiger partial charge in [0.2, 0.25) is 11.8 Å². The highest BCUT2D eigenvalue weighted by Gasteiger charge is 2.45. The first kappa shape index (κ1) is 40.3. The third kappa shape index (κ3) is 10.8. The van der Waals surface area contributed by atoms with Crippen LogP contribution >= 0.6 is 15.9 Å². The number of ether oxygens (including phenoxy) is 3. The molecule has 4 rings (SSSR count). The molecule has 0 aromatic heterocycles. The molecule has 0 aromatic rings.